The molecule has 5 rings (SSSR count). The first-order valence-electron chi connectivity index (χ1n) is 11.2. The van der Waals surface area contributed by atoms with E-state index in [9.17, 15) is 22.0 Å². The van der Waals surface area contributed by atoms with Crippen LogP contribution in [0.1, 0.15) is 67.0 Å². The van der Waals surface area contributed by atoms with Crippen molar-refractivity contribution in [2.45, 2.75) is 76.8 Å². The number of fused-ring (bicyclic) bond motifs is 2. The van der Waals surface area contributed by atoms with Crippen LogP contribution in [0.4, 0.5) is 22.0 Å². The molecule has 3 heterocycles. The van der Waals surface area contributed by atoms with Crippen LogP contribution in [0.5, 0.6) is 0 Å². The summed E-state index contributed by atoms with van der Waals surface area (Å²) in [5.41, 5.74) is 2.78. The summed E-state index contributed by atoms with van der Waals surface area (Å²) in [6.07, 6.45) is -0.644. The molecule has 2 aliphatic rings. The van der Waals surface area contributed by atoms with Crippen LogP contribution < -0.4 is 0 Å². The molecule has 0 unspecified atom stereocenters. The second kappa shape index (κ2) is 7.56. The SMILES string of the molecule is Cc1cc(-c2nc3c([nH]2)CCCC3)cc2nc(C(F)(F)F)c(CC3CCC(F)(F)CC3)n12. The van der Waals surface area contributed by atoms with Gasteiger partial charge >= 0.3 is 6.18 Å². The number of pyridine rings is 1. The van der Waals surface area contributed by atoms with Crippen molar-refractivity contribution in [3.05, 3.63) is 40.6 Å². The Bertz CT molecular complexity index is 1120. The van der Waals surface area contributed by atoms with E-state index in [0.29, 0.717) is 17.1 Å². The average molecular weight is 452 g/mol. The number of aryl methyl sites for hydroxylation is 3. The van der Waals surface area contributed by atoms with Crippen molar-refractivity contribution in [2.75, 3.05) is 0 Å². The maximum absolute atomic E-state index is 13.9. The smallest absolute Gasteiger partial charge is 0.342 e. The van der Waals surface area contributed by atoms with Crippen LogP contribution in [-0.4, -0.2) is 25.3 Å². The molecule has 0 saturated heterocycles. The van der Waals surface area contributed by atoms with Gasteiger partial charge in [0.1, 0.15) is 11.5 Å². The third kappa shape index (κ3) is 3.90. The Morgan fingerprint density at radius 1 is 1.09 bits per heavy atom. The van der Waals surface area contributed by atoms with Gasteiger partial charge in [0.05, 0.1) is 11.4 Å². The summed E-state index contributed by atoms with van der Waals surface area (Å²) in [6, 6.07) is 3.45. The highest BCUT2D eigenvalue weighted by Gasteiger charge is 2.40. The molecule has 4 nitrogen and oxygen atoms in total. The Morgan fingerprint density at radius 2 is 1.81 bits per heavy atom. The van der Waals surface area contributed by atoms with Gasteiger partial charge in [-0.3, -0.25) is 0 Å². The number of hydrogen-bond donors (Lipinski definition) is 1. The summed E-state index contributed by atoms with van der Waals surface area (Å²) in [7, 11) is 0. The Morgan fingerprint density at radius 3 is 2.50 bits per heavy atom. The molecule has 0 atom stereocenters. The number of rotatable bonds is 3. The summed E-state index contributed by atoms with van der Waals surface area (Å²) in [4.78, 5) is 11.9. The molecule has 1 N–H and O–H groups in total. The van der Waals surface area contributed by atoms with Crippen LogP contribution in [0.2, 0.25) is 0 Å². The minimum atomic E-state index is -4.61. The molecular weight excluding hydrogens is 427 g/mol. The van der Waals surface area contributed by atoms with E-state index in [4.69, 9.17) is 0 Å². The number of nitrogens with one attached hydrogen (secondary N) is 1. The molecule has 0 spiro atoms. The molecule has 0 aliphatic heterocycles. The Balaban J connectivity index is 1.55. The molecule has 1 fully saturated rings. The van der Waals surface area contributed by atoms with Crippen molar-refractivity contribution >= 4 is 5.65 Å². The lowest BCUT2D eigenvalue weighted by Crippen LogP contribution is -2.26. The van der Waals surface area contributed by atoms with Crippen LogP contribution >= 0.6 is 0 Å². The van der Waals surface area contributed by atoms with Gasteiger partial charge in [0, 0.05) is 29.8 Å². The summed E-state index contributed by atoms with van der Waals surface area (Å²) in [5.74, 6) is -2.28. The zero-order valence-electron chi connectivity index (χ0n) is 17.8. The topological polar surface area (TPSA) is 46.0 Å². The average Bonchev–Trinajstić information content (AvgIpc) is 3.31. The summed E-state index contributed by atoms with van der Waals surface area (Å²) >= 11 is 0. The van der Waals surface area contributed by atoms with Gasteiger partial charge in [0.25, 0.3) is 0 Å². The first-order chi connectivity index (χ1) is 15.1. The Hall–Kier alpha value is -2.45. The number of imidazole rings is 2. The molecule has 0 aromatic carbocycles. The zero-order chi connectivity index (χ0) is 22.7. The van der Waals surface area contributed by atoms with Crippen LogP contribution in [0.15, 0.2) is 12.1 Å². The number of hydrogen-bond acceptors (Lipinski definition) is 2. The largest absolute Gasteiger partial charge is 0.435 e. The van der Waals surface area contributed by atoms with E-state index < -0.39 is 17.8 Å². The van der Waals surface area contributed by atoms with Crippen molar-refractivity contribution in [3.8, 4) is 11.4 Å². The maximum Gasteiger partial charge on any atom is 0.435 e. The van der Waals surface area contributed by atoms with Crippen molar-refractivity contribution in [1.82, 2.24) is 19.4 Å². The van der Waals surface area contributed by atoms with E-state index >= 15 is 0 Å². The standard InChI is InChI=1S/C23H25F5N4/c1-13-10-15(21-29-16-4-2-3-5-17(16)30-21)12-19-31-20(23(26,27)28)18(32(13)19)11-14-6-8-22(24,25)9-7-14/h10,12,14H,2-9,11H2,1H3,(H,29,30). The van der Waals surface area contributed by atoms with Gasteiger partial charge in [-0.15, -0.1) is 0 Å². The van der Waals surface area contributed by atoms with E-state index in [1.165, 1.54) is 4.40 Å². The zero-order valence-corrected chi connectivity index (χ0v) is 17.8. The first kappa shape index (κ1) is 21.4. The van der Waals surface area contributed by atoms with Gasteiger partial charge in [-0.05, 0) is 69.9 Å². The molecule has 0 bridgehead atoms. The highest BCUT2D eigenvalue weighted by Crippen LogP contribution is 2.40. The van der Waals surface area contributed by atoms with Gasteiger partial charge in [0.15, 0.2) is 5.69 Å². The molecule has 9 heteroatoms. The fourth-order valence-corrected chi connectivity index (χ4v) is 5.15. The third-order valence-corrected chi connectivity index (χ3v) is 6.82. The van der Waals surface area contributed by atoms with Gasteiger partial charge in [0.2, 0.25) is 5.92 Å². The molecule has 3 aromatic rings. The summed E-state index contributed by atoms with van der Waals surface area (Å²) < 4.78 is 70.2. The second-order valence-corrected chi connectivity index (χ2v) is 9.21. The molecule has 0 amide bonds. The molecule has 2 aliphatic carbocycles. The highest BCUT2D eigenvalue weighted by atomic mass is 19.4. The number of H-pyrrole nitrogens is 1. The van der Waals surface area contributed by atoms with Crippen molar-refractivity contribution in [2.24, 2.45) is 5.92 Å². The lowest BCUT2D eigenvalue weighted by Gasteiger charge is -2.28. The molecule has 0 radical (unpaired) electrons. The fourth-order valence-electron chi connectivity index (χ4n) is 5.15. The quantitative estimate of drug-likeness (QED) is 0.474. The number of nitrogens with zero attached hydrogens (tertiary/aromatic N) is 3. The second-order valence-electron chi connectivity index (χ2n) is 9.21. The minimum Gasteiger partial charge on any atom is -0.342 e. The Labute approximate surface area is 182 Å². The van der Waals surface area contributed by atoms with Crippen LogP contribution in [0.3, 0.4) is 0 Å². The summed E-state index contributed by atoms with van der Waals surface area (Å²) in [6.45, 7) is 1.75. The lowest BCUT2D eigenvalue weighted by molar-refractivity contribution is -0.141. The number of halogens is 5. The van der Waals surface area contributed by atoms with E-state index in [0.717, 1.165) is 37.1 Å². The normalized spacial score (nSPS) is 19.4. The first-order valence-corrected chi connectivity index (χ1v) is 11.2. The van der Waals surface area contributed by atoms with E-state index in [1.807, 2.05) is 6.07 Å². The van der Waals surface area contributed by atoms with Gasteiger partial charge < -0.3 is 9.38 Å². The van der Waals surface area contributed by atoms with Crippen molar-refractivity contribution in [3.63, 3.8) is 0 Å². The van der Waals surface area contributed by atoms with Gasteiger partial charge in [-0.25, -0.2) is 18.7 Å². The predicted octanol–water partition coefficient (Wildman–Crippen LogP) is 6.30. The van der Waals surface area contributed by atoms with E-state index in [1.54, 1.807) is 13.0 Å². The fraction of sp³-hybridized carbons (Fsp3) is 0.565. The molecular formula is C23H25F5N4. The molecule has 32 heavy (non-hydrogen) atoms. The maximum atomic E-state index is 13.9. The number of alkyl halides is 5. The van der Waals surface area contributed by atoms with E-state index in [2.05, 4.69) is 15.0 Å². The Kier molecular flexibility index (Phi) is 5.05. The predicted molar refractivity (Wildman–Crippen MR) is 110 cm³/mol. The van der Waals surface area contributed by atoms with Crippen molar-refractivity contribution < 1.29 is 22.0 Å². The lowest BCUT2D eigenvalue weighted by atomic mass is 9.83. The van der Waals surface area contributed by atoms with Gasteiger partial charge in [-0.2, -0.15) is 13.2 Å². The van der Waals surface area contributed by atoms with Crippen molar-refractivity contribution in [1.29, 1.82) is 0 Å². The van der Waals surface area contributed by atoms with Crippen LogP contribution in [0, 0.1) is 12.8 Å². The summed E-state index contributed by atoms with van der Waals surface area (Å²) in [5, 5.41) is 0. The third-order valence-electron chi connectivity index (χ3n) is 6.82. The van der Waals surface area contributed by atoms with E-state index in [-0.39, 0.29) is 49.4 Å². The van der Waals surface area contributed by atoms with Crippen LogP contribution in [0.25, 0.3) is 17.0 Å². The molecule has 1 saturated carbocycles. The van der Waals surface area contributed by atoms with Crippen LogP contribution in [-0.2, 0) is 25.4 Å². The monoisotopic (exact) mass is 452 g/mol. The van der Waals surface area contributed by atoms with Gasteiger partial charge in [-0.1, -0.05) is 0 Å². The molecule has 3 aromatic heterocycles. The number of aromatic amines is 1. The molecule has 172 valence electrons. The highest BCUT2D eigenvalue weighted by molar-refractivity contribution is 5.64. The minimum absolute atomic E-state index is 0.0607. The number of aromatic nitrogens is 4.